The zero-order valence-corrected chi connectivity index (χ0v) is 6.78. The maximum absolute atomic E-state index is 11.0. The molecular weight excluding hydrogens is 154 g/mol. The fourth-order valence-electron chi connectivity index (χ4n) is 0.805. The monoisotopic (exact) mass is 163 g/mol. The van der Waals surface area contributed by atoms with Gasteiger partial charge in [-0.2, -0.15) is 0 Å². The van der Waals surface area contributed by atoms with Crippen molar-refractivity contribution in [2.75, 3.05) is 7.11 Å². The Hall–Kier alpha value is -1.64. The molecule has 0 amide bonds. The van der Waals surface area contributed by atoms with Gasteiger partial charge in [-0.15, -0.1) is 0 Å². The minimum absolute atomic E-state index is 0.361. The van der Waals surface area contributed by atoms with Crippen LogP contribution < -0.4 is 0 Å². The van der Waals surface area contributed by atoms with Gasteiger partial charge in [-0.25, -0.2) is 4.79 Å². The average molecular weight is 163 g/mol. The summed E-state index contributed by atoms with van der Waals surface area (Å²) in [5, 5.41) is 0. The third-order valence-corrected chi connectivity index (χ3v) is 1.41. The van der Waals surface area contributed by atoms with Crippen LogP contribution in [0.15, 0.2) is 24.9 Å². The van der Waals surface area contributed by atoms with E-state index in [9.17, 15) is 4.79 Å². The van der Waals surface area contributed by atoms with Gasteiger partial charge < -0.3 is 4.74 Å². The van der Waals surface area contributed by atoms with Crippen LogP contribution in [0.25, 0.3) is 6.08 Å². The summed E-state index contributed by atoms with van der Waals surface area (Å²) in [6.45, 7) is 3.54. The number of nitrogens with zero attached hydrogens (tertiary/aromatic N) is 1. The zero-order chi connectivity index (χ0) is 8.97. The normalized spacial score (nSPS) is 9.08. The van der Waals surface area contributed by atoms with Crippen LogP contribution in [0, 0.1) is 0 Å². The van der Waals surface area contributed by atoms with Gasteiger partial charge in [0.05, 0.1) is 18.4 Å². The third-order valence-electron chi connectivity index (χ3n) is 1.41. The minimum Gasteiger partial charge on any atom is -0.465 e. The SMILES string of the molecule is C=Cc1cc(C(=O)OC)ccn1. The van der Waals surface area contributed by atoms with E-state index in [-0.39, 0.29) is 5.97 Å². The number of esters is 1. The lowest BCUT2D eigenvalue weighted by Crippen LogP contribution is -2.01. The second-order valence-corrected chi connectivity index (χ2v) is 2.17. The fourth-order valence-corrected chi connectivity index (χ4v) is 0.805. The third kappa shape index (κ3) is 1.69. The fraction of sp³-hybridized carbons (Fsp3) is 0.111. The van der Waals surface area contributed by atoms with Crippen molar-refractivity contribution in [3.8, 4) is 0 Å². The zero-order valence-electron chi connectivity index (χ0n) is 6.78. The van der Waals surface area contributed by atoms with Gasteiger partial charge in [-0.1, -0.05) is 6.58 Å². The second kappa shape index (κ2) is 3.67. The van der Waals surface area contributed by atoms with E-state index >= 15 is 0 Å². The molecule has 0 saturated heterocycles. The van der Waals surface area contributed by atoms with Gasteiger partial charge in [-0.3, -0.25) is 4.98 Å². The van der Waals surface area contributed by atoms with Crippen LogP contribution in [0.2, 0.25) is 0 Å². The Kier molecular flexibility index (Phi) is 2.58. The Balaban J connectivity index is 3.01. The maximum atomic E-state index is 11.0. The Morgan fingerprint density at radius 2 is 2.50 bits per heavy atom. The van der Waals surface area contributed by atoms with Gasteiger partial charge in [-0.05, 0) is 18.2 Å². The molecule has 12 heavy (non-hydrogen) atoms. The first-order chi connectivity index (χ1) is 5.77. The lowest BCUT2D eigenvalue weighted by Gasteiger charge is -1.98. The van der Waals surface area contributed by atoms with Crippen molar-refractivity contribution in [3.05, 3.63) is 36.2 Å². The van der Waals surface area contributed by atoms with Crippen molar-refractivity contribution in [1.29, 1.82) is 0 Å². The lowest BCUT2D eigenvalue weighted by molar-refractivity contribution is 0.0600. The van der Waals surface area contributed by atoms with Gasteiger partial charge >= 0.3 is 5.97 Å². The lowest BCUT2D eigenvalue weighted by atomic mass is 10.2. The number of hydrogen-bond donors (Lipinski definition) is 0. The molecule has 3 nitrogen and oxygen atoms in total. The highest BCUT2D eigenvalue weighted by Gasteiger charge is 2.04. The largest absolute Gasteiger partial charge is 0.465 e. The molecule has 0 aliphatic rings. The van der Waals surface area contributed by atoms with Crippen molar-refractivity contribution >= 4 is 12.0 Å². The molecule has 0 atom stereocenters. The highest BCUT2D eigenvalue weighted by Crippen LogP contribution is 2.03. The number of methoxy groups -OCH3 is 1. The first-order valence-electron chi connectivity index (χ1n) is 3.44. The molecular formula is C9H9NO2. The molecule has 1 aromatic rings. The van der Waals surface area contributed by atoms with Crippen molar-refractivity contribution in [2.45, 2.75) is 0 Å². The number of pyridine rings is 1. The molecule has 1 aromatic heterocycles. The second-order valence-electron chi connectivity index (χ2n) is 2.17. The first kappa shape index (κ1) is 8.46. The summed E-state index contributed by atoms with van der Waals surface area (Å²) in [4.78, 5) is 14.9. The maximum Gasteiger partial charge on any atom is 0.337 e. The first-order valence-corrected chi connectivity index (χ1v) is 3.44. The average Bonchev–Trinajstić information content (AvgIpc) is 2.17. The molecule has 0 saturated carbocycles. The van der Waals surface area contributed by atoms with Gasteiger partial charge in [0.2, 0.25) is 0 Å². The molecule has 1 rings (SSSR count). The Morgan fingerprint density at radius 3 is 3.08 bits per heavy atom. The number of carbonyl (C=O) groups excluding carboxylic acids is 1. The number of hydrogen-bond acceptors (Lipinski definition) is 3. The quantitative estimate of drug-likeness (QED) is 0.620. The molecule has 0 aliphatic carbocycles. The summed E-state index contributed by atoms with van der Waals surface area (Å²) in [6.07, 6.45) is 3.12. The highest BCUT2D eigenvalue weighted by molar-refractivity contribution is 5.89. The van der Waals surface area contributed by atoms with Gasteiger partial charge in [0.1, 0.15) is 0 Å². The molecule has 0 aromatic carbocycles. The van der Waals surface area contributed by atoms with E-state index in [2.05, 4.69) is 16.3 Å². The van der Waals surface area contributed by atoms with Crippen LogP contribution in [0.1, 0.15) is 16.1 Å². The number of ether oxygens (including phenoxy) is 1. The Labute approximate surface area is 70.7 Å². The number of aromatic nitrogens is 1. The molecule has 0 unspecified atom stereocenters. The number of rotatable bonds is 2. The summed E-state index contributed by atoms with van der Waals surface area (Å²) >= 11 is 0. The van der Waals surface area contributed by atoms with E-state index in [0.717, 1.165) is 0 Å². The molecule has 0 N–H and O–H groups in total. The molecule has 0 spiro atoms. The summed E-state index contributed by atoms with van der Waals surface area (Å²) in [7, 11) is 1.34. The van der Waals surface area contributed by atoms with Gasteiger partial charge in [0.25, 0.3) is 0 Å². The van der Waals surface area contributed by atoms with Crippen molar-refractivity contribution in [1.82, 2.24) is 4.98 Å². The van der Waals surface area contributed by atoms with Crippen molar-refractivity contribution < 1.29 is 9.53 Å². The molecule has 3 heteroatoms. The summed E-state index contributed by atoms with van der Waals surface area (Å²) in [6, 6.07) is 3.22. The van der Waals surface area contributed by atoms with Crippen molar-refractivity contribution in [3.63, 3.8) is 0 Å². The Morgan fingerprint density at radius 1 is 1.75 bits per heavy atom. The standard InChI is InChI=1S/C9H9NO2/c1-3-8-6-7(4-5-10-8)9(11)12-2/h3-6H,1H2,2H3. The van der Waals surface area contributed by atoms with E-state index in [0.29, 0.717) is 11.3 Å². The van der Waals surface area contributed by atoms with Crippen LogP contribution >= 0.6 is 0 Å². The molecule has 1 heterocycles. The number of carbonyl (C=O) groups is 1. The Bertz CT molecular complexity index is 307. The van der Waals surface area contributed by atoms with Crippen LogP contribution in [-0.4, -0.2) is 18.1 Å². The predicted octanol–water partition coefficient (Wildman–Crippen LogP) is 1.51. The van der Waals surface area contributed by atoms with Crippen LogP contribution in [-0.2, 0) is 4.74 Å². The topological polar surface area (TPSA) is 39.2 Å². The molecule has 62 valence electrons. The van der Waals surface area contributed by atoms with E-state index in [1.54, 1.807) is 24.4 Å². The van der Waals surface area contributed by atoms with E-state index in [4.69, 9.17) is 0 Å². The molecule has 0 aliphatic heterocycles. The van der Waals surface area contributed by atoms with Crippen LogP contribution in [0.4, 0.5) is 0 Å². The van der Waals surface area contributed by atoms with Gasteiger partial charge in [0, 0.05) is 6.20 Å². The minimum atomic E-state index is -0.361. The van der Waals surface area contributed by atoms with E-state index < -0.39 is 0 Å². The van der Waals surface area contributed by atoms with Crippen LogP contribution in [0.3, 0.4) is 0 Å². The van der Waals surface area contributed by atoms with E-state index in [1.807, 2.05) is 0 Å². The molecule has 0 fully saturated rings. The highest BCUT2D eigenvalue weighted by atomic mass is 16.5. The molecule has 0 radical (unpaired) electrons. The predicted molar refractivity (Wildman–Crippen MR) is 45.7 cm³/mol. The van der Waals surface area contributed by atoms with Crippen molar-refractivity contribution in [2.24, 2.45) is 0 Å². The van der Waals surface area contributed by atoms with Crippen LogP contribution in [0.5, 0.6) is 0 Å². The van der Waals surface area contributed by atoms with Gasteiger partial charge in [0.15, 0.2) is 0 Å². The smallest absolute Gasteiger partial charge is 0.337 e. The molecule has 0 bridgehead atoms. The summed E-state index contributed by atoms with van der Waals surface area (Å²) in [5.41, 5.74) is 1.15. The summed E-state index contributed by atoms with van der Waals surface area (Å²) < 4.78 is 4.53. The van der Waals surface area contributed by atoms with E-state index in [1.165, 1.54) is 7.11 Å². The summed E-state index contributed by atoms with van der Waals surface area (Å²) in [5.74, 6) is -0.361.